The molecule has 9 heteroatoms. The van der Waals surface area contributed by atoms with Crippen LogP contribution in [-0.4, -0.2) is 26.8 Å². The lowest BCUT2D eigenvalue weighted by molar-refractivity contribution is -0.124. The van der Waals surface area contributed by atoms with Gasteiger partial charge in [-0.2, -0.15) is 0 Å². The third-order valence-electron chi connectivity index (χ3n) is 4.46. The van der Waals surface area contributed by atoms with E-state index < -0.39 is 17.9 Å². The second-order valence-corrected chi connectivity index (χ2v) is 11.6. The molecular formula is C23H22Br2N2O3S2. The van der Waals surface area contributed by atoms with Crippen LogP contribution in [0.15, 0.2) is 62.4 Å². The summed E-state index contributed by atoms with van der Waals surface area (Å²) in [6, 6.07) is 15.2. The Labute approximate surface area is 214 Å². The molecule has 1 saturated heterocycles. The molecule has 1 fully saturated rings. The van der Waals surface area contributed by atoms with Crippen molar-refractivity contribution in [3.8, 4) is 0 Å². The van der Waals surface area contributed by atoms with E-state index in [-0.39, 0.29) is 5.91 Å². The van der Waals surface area contributed by atoms with Crippen LogP contribution in [0.2, 0.25) is 0 Å². The summed E-state index contributed by atoms with van der Waals surface area (Å²) >= 11 is 13.8. The van der Waals surface area contributed by atoms with E-state index >= 15 is 0 Å². The maximum Gasteiger partial charge on any atom is 0.409 e. The summed E-state index contributed by atoms with van der Waals surface area (Å²) in [4.78, 5) is 28.2. The SMILES string of the molecule is C/C(=C1/SC(=S)N(C(NC(=O)OC(C)(C)C)c2cc(Br)cc(Br)c2)C1=O)c1ccccc1. The Morgan fingerprint density at radius 2 is 1.72 bits per heavy atom. The van der Waals surface area contributed by atoms with Gasteiger partial charge in [-0.1, -0.05) is 86.2 Å². The Bertz CT molecular complexity index is 1080. The molecule has 1 unspecified atom stereocenters. The molecule has 3 rings (SSSR count). The number of hydrogen-bond acceptors (Lipinski definition) is 5. The van der Waals surface area contributed by atoms with Gasteiger partial charge in [0.1, 0.15) is 16.1 Å². The van der Waals surface area contributed by atoms with E-state index in [2.05, 4.69) is 37.2 Å². The molecule has 168 valence electrons. The van der Waals surface area contributed by atoms with Crippen LogP contribution in [0.5, 0.6) is 0 Å². The highest BCUT2D eigenvalue weighted by Gasteiger charge is 2.40. The van der Waals surface area contributed by atoms with Gasteiger partial charge in [-0.3, -0.25) is 15.0 Å². The zero-order valence-electron chi connectivity index (χ0n) is 17.9. The van der Waals surface area contributed by atoms with Crippen LogP contribution in [0, 0.1) is 0 Å². The Morgan fingerprint density at radius 3 is 2.28 bits per heavy atom. The van der Waals surface area contributed by atoms with Crippen molar-refractivity contribution in [1.29, 1.82) is 0 Å². The summed E-state index contributed by atoms with van der Waals surface area (Å²) in [6.45, 7) is 7.24. The second-order valence-electron chi connectivity index (χ2n) is 8.11. The minimum absolute atomic E-state index is 0.265. The van der Waals surface area contributed by atoms with Gasteiger partial charge in [0, 0.05) is 8.95 Å². The first-order chi connectivity index (χ1) is 15.0. The van der Waals surface area contributed by atoms with Crippen LogP contribution in [0.25, 0.3) is 5.57 Å². The smallest absolute Gasteiger partial charge is 0.409 e. The van der Waals surface area contributed by atoms with Crippen molar-refractivity contribution in [3.63, 3.8) is 0 Å². The molecule has 1 aliphatic heterocycles. The lowest BCUT2D eigenvalue weighted by Gasteiger charge is -2.29. The fourth-order valence-electron chi connectivity index (χ4n) is 3.10. The Hall–Kier alpha value is -1.68. The quantitative estimate of drug-likeness (QED) is 0.303. The van der Waals surface area contributed by atoms with Gasteiger partial charge in [-0.05, 0) is 62.6 Å². The number of thiocarbonyl (C=S) groups is 1. The van der Waals surface area contributed by atoms with Crippen molar-refractivity contribution in [3.05, 3.63) is 73.5 Å². The van der Waals surface area contributed by atoms with Crippen molar-refractivity contribution in [2.45, 2.75) is 39.5 Å². The number of carbonyl (C=O) groups is 2. The number of rotatable bonds is 4. The molecule has 5 nitrogen and oxygen atoms in total. The van der Waals surface area contributed by atoms with Crippen LogP contribution >= 0.6 is 55.8 Å². The van der Waals surface area contributed by atoms with Crippen molar-refractivity contribution in [1.82, 2.24) is 10.2 Å². The minimum atomic E-state index is -0.841. The highest BCUT2D eigenvalue weighted by atomic mass is 79.9. The van der Waals surface area contributed by atoms with E-state index in [4.69, 9.17) is 17.0 Å². The number of ether oxygens (including phenoxy) is 1. The van der Waals surface area contributed by atoms with E-state index in [0.29, 0.717) is 14.8 Å². The Kier molecular flexibility index (Phi) is 7.85. The topological polar surface area (TPSA) is 58.6 Å². The maximum atomic E-state index is 13.5. The van der Waals surface area contributed by atoms with E-state index in [9.17, 15) is 9.59 Å². The molecule has 1 aliphatic rings. The molecule has 0 saturated carbocycles. The van der Waals surface area contributed by atoms with Crippen LogP contribution in [-0.2, 0) is 9.53 Å². The second kappa shape index (κ2) is 10.1. The van der Waals surface area contributed by atoms with E-state index in [0.717, 1.165) is 20.1 Å². The van der Waals surface area contributed by atoms with Crippen molar-refractivity contribution in [2.75, 3.05) is 0 Å². The molecule has 1 atom stereocenters. The molecule has 0 bridgehead atoms. The van der Waals surface area contributed by atoms with E-state index in [1.807, 2.05) is 55.5 Å². The van der Waals surface area contributed by atoms with Gasteiger partial charge in [-0.15, -0.1) is 0 Å². The third-order valence-corrected chi connectivity index (χ3v) is 6.88. The highest BCUT2D eigenvalue weighted by Crippen LogP contribution is 2.41. The molecule has 0 spiro atoms. The van der Waals surface area contributed by atoms with Crippen molar-refractivity contribution in [2.24, 2.45) is 0 Å². The van der Waals surface area contributed by atoms with Gasteiger partial charge in [0.05, 0.1) is 4.91 Å². The minimum Gasteiger partial charge on any atom is -0.444 e. The molecule has 0 aliphatic carbocycles. The molecule has 0 radical (unpaired) electrons. The molecule has 1 N–H and O–H groups in total. The third kappa shape index (κ3) is 6.01. The van der Waals surface area contributed by atoms with Gasteiger partial charge in [-0.25, -0.2) is 4.79 Å². The maximum absolute atomic E-state index is 13.5. The predicted octanol–water partition coefficient (Wildman–Crippen LogP) is 7.03. The summed E-state index contributed by atoms with van der Waals surface area (Å²) < 4.78 is 7.39. The number of benzene rings is 2. The molecule has 0 aromatic heterocycles. The first-order valence-electron chi connectivity index (χ1n) is 9.73. The van der Waals surface area contributed by atoms with E-state index in [1.54, 1.807) is 20.8 Å². The zero-order valence-corrected chi connectivity index (χ0v) is 22.7. The summed E-state index contributed by atoms with van der Waals surface area (Å²) in [5.74, 6) is -0.265. The molecule has 1 heterocycles. The Morgan fingerprint density at radius 1 is 1.12 bits per heavy atom. The first kappa shape index (κ1) is 25.0. The number of nitrogens with one attached hydrogen (secondary N) is 1. The lowest BCUT2D eigenvalue weighted by Crippen LogP contribution is -2.45. The number of amides is 2. The number of alkyl carbamates (subject to hydrolysis) is 1. The largest absolute Gasteiger partial charge is 0.444 e. The van der Waals surface area contributed by atoms with Crippen LogP contribution in [0.4, 0.5) is 4.79 Å². The highest BCUT2D eigenvalue weighted by molar-refractivity contribution is 9.11. The van der Waals surface area contributed by atoms with Gasteiger partial charge >= 0.3 is 6.09 Å². The zero-order chi connectivity index (χ0) is 23.6. The molecule has 2 aromatic rings. The monoisotopic (exact) mass is 596 g/mol. The van der Waals surface area contributed by atoms with Crippen LogP contribution in [0.1, 0.15) is 45.0 Å². The van der Waals surface area contributed by atoms with Gasteiger partial charge in [0.15, 0.2) is 0 Å². The number of halogens is 2. The number of nitrogens with zero attached hydrogens (tertiary/aromatic N) is 1. The van der Waals surface area contributed by atoms with Gasteiger partial charge < -0.3 is 4.74 Å². The molecule has 32 heavy (non-hydrogen) atoms. The fourth-order valence-corrected chi connectivity index (χ4v) is 5.79. The molecule has 2 amide bonds. The summed E-state index contributed by atoms with van der Waals surface area (Å²) in [7, 11) is 0. The standard InChI is InChI=1S/C23H22Br2N2O3S2/c1-13(14-8-6-5-7-9-14)18-20(28)27(22(31)32-18)19(26-21(29)30-23(2,3)4)15-10-16(24)12-17(25)11-15/h5-12,19H,1-4H3,(H,26,29)/b18-13-. The normalized spacial score (nSPS) is 16.8. The summed E-state index contributed by atoms with van der Waals surface area (Å²) in [6.07, 6.45) is -1.48. The fraction of sp³-hybridized carbons (Fsp3) is 0.261. The molecule has 2 aromatic carbocycles. The van der Waals surface area contributed by atoms with Crippen molar-refractivity contribution >= 4 is 77.7 Å². The van der Waals surface area contributed by atoms with Crippen molar-refractivity contribution < 1.29 is 14.3 Å². The van der Waals surface area contributed by atoms with E-state index in [1.165, 1.54) is 16.7 Å². The lowest BCUT2D eigenvalue weighted by atomic mass is 10.1. The summed E-state index contributed by atoms with van der Waals surface area (Å²) in [5, 5.41) is 2.83. The first-order valence-corrected chi connectivity index (χ1v) is 12.5. The number of allylic oxidation sites excluding steroid dienone is 1. The average Bonchev–Trinajstić information content (AvgIpc) is 2.98. The Balaban J connectivity index is 2.03. The van der Waals surface area contributed by atoms with Gasteiger partial charge in [0.2, 0.25) is 0 Å². The summed E-state index contributed by atoms with van der Waals surface area (Å²) in [5.41, 5.74) is 1.75. The predicted molar refractivity (Wildman–Crippen MR) is 140 cm³/mol. The van der Waals surface area contributed by atoms with Gasteiger partial charge in [0.25, 0.3) is 5.91 Å². The van der Waals surface area contributed by atoms with Crippen LogP contribution < -0.4 is 5.32 Å². The number of hydrogen-bond donors (Lipinski definition) is 1. The molecular weight excluding hydrogens is 576 g/mol. The number of thioether (sulfide) groups is 1. The number of carbonyl (C=O) groups excluding carboxylic acids is 2. The van der Waals surface area contributed by atoms with Crippen LogP contribution in [0.3, 0.4) is 0 Å². The average molecular weight is 598 g/mol.